The van der Waals surface area contributed by atoms with Crippen LogP contribution in [0.2, 0.25) is 0 Å². The number of hydrogen-bond acceptors (Lipinski definition) is 5. The molecule has 1 unspecified atom stereocenters. The Morgan fingerprint density at radius 2 is 2.19 bits per heavy atom. The van der Waals surface area contributed by atoms with Gasteiger partial charge in [0.2, 0.25) is 0 Å². The number of nitro benzene ring substituents is 1. The van der Waals surface area contributed by atoms with Gasteiger partial charge in [-0.15, -0.1) is 0 Å². The zero-order valence-corrected chi connectivity index (χ0v) is 12.3. The second kappa shape index (κ2) is 8.41. The molecule has 0 saturated carbocycles. The van der Waals surface area contributed by atoms with Gasteiger partial charge in [-0.25, -0.2) is 4.39 Å². The van der Waals surface area contributed by atoms with Crippen LogP contribution in [0.15, 0.2) is 12.1 Å². The fourth-order valence-corrected chi connectivity index (χ4v) is 2.19. The fourth-order valence-electron chi connectivity index (χ4n) is 2.19. The number of benzene rings is 1. The van der Waals surface area contributed by atoms with Crippen molar-refractivity contribution in [3.8, 4) is 5.75 Å². The maximum Gasteiger partial charge on any atom is 0.295 e. The topological polar surface area (TPSA) is 84.6 Å². The maximum atomic E-state index is 13.5. The summed E-state index contributed by atoms with van der Waals surface area (Å²) in [7, 11) is 1.31. The zero-order chi connectivity index (χ0) is 15.8. The molecular formula is C14H21FN2O4. The van der Waals surface area contributed by atoms with Crippen LogP contribution in [0.4, 0.5) is 15.8 Å². The molecule has 2 N–H and O–H groups in total. The maximum absolute atomic E-state index is 13.5. The Labute approximate surface area is 123 Å². The average Bonchev–Trinajstić information content (AvgIpc) is 2.45. The highest BCUT2D eigenvalue weighted by Crippen LogP contribution is 2.32. The molecule has 0 aliphatic carbocycles. The van der Waals surface area contributed by atoms with E-state index in [2.05, 4.69) is 5.32 Å². The molecule has 0 amide bonds. The van der Waals surface area contributed by atoms with E-state index in [1.165, 1.54) is 13.2 Å². The molecule has 0 spiro atoms. The van der Waals surface area contributed by atoms with Crippen LogP contribution in [0.1, 0.15) is 26.2 Å². The molecule has 7 heteroatoms. The summed E-state index contributed by atoms with van der Waals surface area (Å²) < 4.78 is 18.4. The fraction of sp³-hybridized carbons (Fsp3) is 0.571. The van der Waals surface area contributed by atoms with Crippen molar-refractivity contribution >= 4 is 11.4 Å². The molecule has 0 aliphatic heterocycles. The van der Waals surface area contributed by atoms with Gasteiger partial charge in [0, 0.05) is 19.2 Å². The lowest BCUT2D eigenvalue weighted by Gasteiger charge is -2.17. The van der Waals surface area contributed by atoms with Gasteiger partial charge >= 0.3 is 0 Å². The van der Waals surface area contributed by atoms with E-state index in [1.807, 2.05) is 6.92 Å². The van der Waals surface area contributed by atoms with Gasteiger partial charge in [-0.1, -0.05) is 13.3 Å². The molecule has 6 nitrogen and oxygen atoms in total. The van der Waals surface area contributed by atoms with Crippen molar-refractivity contribution < 1.29 is 19.2 Å². The second-order valence-corrected chi connectivity index (χ2v) is 4.81. The molecule has 0 fully saturated rings. The lowest BCUT2D eigenvalue weighted by atomic mass is 10.00. The Morgan fingerprint density at radius 1 is 1.48 bits per heavy atom. The summed E-state index contributed by atoms with van der Waals surface area (Å²) in [4.78, 5) is 10.4. The molecule has 0 aliphatic rings. The number of anilines is 1. The molecule has 0 saturated heterocycles. The van der Waals surface area contributed by atoms with Gasteiger partial charge in [-0.3, -0.25) is 10.1 Å². The van der Waals surface area contributed by atoms with E-state index in [1.54, 1.807) is 0 Å². The van der Waals surface area contributed by atoms with Gasteiger partial charge < -0.3 is 15.2 Å². The molecule has 0 heterocycles. The van der Waals surface area contributed by atoms with Gasteiger partial charge in [-0.2, -0.15) is 0 Å². The summed E-state index contributed by atoms with van der Waals surface area (Å²) >= 11 is 0. The third kappa shape index (κ3) is 4.86. The van der Waals surface area contributed by atoms with E-state index >= 15 is 0 Å². The standard InChI is InChI=1S/C14H21FN2O4/c1-3-4-10(5-6-18)9-16-12-8-14(21-2)11(15)7-13(12)17(19)20/h7-8,10,16,18H,3-6,9H2,1-2H3. The van der Waals surface area contributed by atoms with Crippen molar-refractivity contribution in [3.05, 3.63) is 28.1 Å². The third-order valence-electron chi connectivity index (χ3n) is 3.28. The predicted molar refractivity (Wildman–Crippen MR) is 78.2 cm³/mol. The van der Waals surface area contributed by atoms with E-state index in [9.17, 15) is 14.5 Å². The zero-order valence-electron chi connectivity index (χ0n) is 12.3. The minimum Gasteiger partial charge on any atom is -0.494 e. The van der Waals surface area contributed by atoms with Crippen molar-refractivity contribution in [2.75, 3.05) is 25.6 Å². The molecular weight excluding hydrogens is 279 g/mol. The van der Waals surface area contributed by atoms with Crippen LogP contribution >= 0.6 is 0 Å². The molecule has 1 atom stereocenters. The molecule has 118 valence electrons. The third-order valence-corrected chi connectivity index (χ3v) is 3.28. The number of aliphatic hydroxyl groups is 1. The minimum atomic E-state index is -0.768. The average molecular weight is 300 g/mol. The van der Waals surface area contributed by atoms with Crippen molar-refractivity contribution in [1.29, 1.82) is 0 Å². The SMILES string of the molecule is CCCC(CCO)CNc1cc(OC)c(F)cc1[N+](=O)[O-]. The Bertz CT molecular complexity index is 476. The molecule has 1 rings (SSSR count). The molecule has 0 aromatic heterocycles. The lowest BCUT2D eigenvalue weighted by Crippen LogP contribution is -2.16. The van der Waals surface area contributed by atoms with Crippen LogP contribution in [0.5, 0.6) is 5.75 Å². The summed E-state index contributed by atoms with van der Waals surface area (Å²) in [6.07, 6.45) is 2.48. The Hall–Kier alpha value is -1.89. The van der Waals surface area contributed by atoms with E-state index in [0.29, 0.717) is 13.0 Å². The Balaban J connectivity index is 2.91. The summed E-state index contributed by atoms with van der Waals surface area (Å²) in [6.45, 7) is 2.58. The van der Waals surface area contributed by atoms with E-state index in [-0.39, 0.29) is 29.6 Å². The van der Waals surface area contributed by atoms with Crippen molar-refractivity contribution in [1.82, 2.24) is 0 Å². The molecule has 0 radical (unpaired) electrons. The van der Waals surface area contributed by atoms with Crippen LogP contribution in [-0.2, 0) is 0 Å². The predicted octanol–water partition coefficient (Wildman–Crippen LogP) is 2.95. The first kappa shape index (κ1) is 17.2. The smallest absolute Gasteiger partial charge is 0.295 e. The monoisotopic (exact) mass is 300 g/mol. The number of ether oxygens (including phenoxy) is 1. The van der Waals surface area contributed by atoms with Gasteiger partial charge in [0.1, 0.15) is 5.69 Å². The van der Waals surface area contributed by atoms with Gasteiger partial charge in [0.05, 0.1) is 18.1 Å². The molecule has 0 bridgehead atoms. The number of hydrogen-bond donors (Lipinski definition) is 2. The Morgan fingerprint density at radius 3 is 2.71 bits per heavy atom. The van der Waals surface area contributed by atoms with Crippen molar-refractivity contribution in [2.24, 2.45) is 5.92 Å². The number of aliphatic hydroxyl groups excluding tert-OH is 1. The van der Waals surface area contributed by atoms with Gasteiger partial charge in [0.15, 0.2) is 11.6 Å². The van der Waals surface area contributed by atoms with Crippen LogP contribution < -0.4 is 10.1 Å². The Kier molecular flexibility index (Phi) is 6.87. The van der Waals surface area contributed by atoms with Crippen LogP contribution in [0.25, 0.3) is 0 Å². The van der Waals surface area contributed by atoms with Crippen LogP contribution in [0, 0.1) is 21.8 Å². The van der Waals surface area contributed by atoms with Crippen molar-refractivity contribution in [3.63, 3.8) is 0 Å². The van der Waals surface area contributed by atoms with Gasteiger partial charge in [0.25, 0.3) is 5.69 Å². The highest BCUT2D eigenvalue weighted by atomic mass is 19.1. The number of nitrogens with one attached hydrogen (secondary N) is 1. The first-order valence-corrected chi connectivity index (χ1v) is 6.90. The minimum absolute atomic E-state index is 0.0442. The summed E-state index contributed by atoms with van der Waals surface area (Å²) in [5, 5.41) is 23.0. The highest BCUT2D eigenvalue weighted by Gasteiger charge is 2.19. The number of rotatable bonds is 9. The molecule has 1 aromatic rings. The quantitative estimate of drug-likeness (QED) is 0.541. The van der Waals surface area contributed by atoms with E-state index in [4.69, 9.17) is 9.84 Å². The molecule has 1 aromatic carbocycles. The largest absolute Gasteiger partial charge is 0.494 e. The van der Waals surface area contributed by atoms with E-state index < -0.39 is 10.7 Å². The van der Waals surface area contributed by atoms with Gasteiger partial charge in [-0.05, 0) is 18.8 Å². The summed E-state index contributed by atoms with van der Waals surface area (Å²) in [5.74, 6) is -0.608. The number of halogens is 1. The first-order chi connectivity index (χ1) is 10.0. The summed E-state index contributed by atoms with van der Waals surface area (Å²) in [5.41, 5.74) is -0.107. The number of methoxy groups -OCH3 is 1. The number of nitro groups is 1. The molecule has 21 heavy (non-hydrogen) atoms. The van der Waals surface area contributed by atoms with Crippen LogP contribution in [-0.4, -0.2) is 30.3 Å². The number of nitrogens with zero attached hydrogens (tertiary/aromatic N) is 1. The summed E-state index contributed by atoms with van der Waals surface area (Å²) in [6, 6.07) is 2.14. The highest BCUT2D eigenvalue weighted by molar-refractivity contribution is 5.64. The van der Waals surface area contributed by atoms with E-state index in [0.717, 1.165) is 18.9 Å². The lowest BCUT2D eigenvalue weighted by molar-refractivity contribution is -0.384. The normalized spacial score (nSPS) is 12.0. The first-order valence-electron chi connectivity index (χ1n) is 6.90. The second-order valence-electron chi connectivity index (χ2n) is 4.81. The van der Waals surface area contributed by atoms with Crippen LogP contribution in [0.3, 0.4) is 0 Å². The van der Waals surface area contributed by atoms with Crippen molar-refractivity contribution in [2.45, 2.75) is 26.2 Å².